The van der Waals surface area contributed by atoms with Crippen LogP contribution in [0, 0.1) is 0 Å². The molecule has 0 unspecified atom stereocenters. The van der Waals surface area contributed by atoms with Gasteiger partial charge in [0.25, 0.3) is 0 Å². The van der Waals surface area contributed by atoms with Crippen LogP contribution in [0.1, 0.15) is 10.6 Å². The molecule has 2 aromatic heterocycles. The number of nitrogens with one attached hydrogen (secondary N) is 1. The Morgan fingerprint density at radius 2 is 2.16 bits per heavy atom. The van der Waals surface area contributed by atoms with Gasteiger partial charge in [0.05, 0.1) is 18.1 Å². The Morgan fingerprint density at radius 3 is 2.95 bits per heavy atom. The molecule has 0 atom stereocenters. The average molecular weight is 274 g/mol. The summed E-state index contributed by atoms with van der Waals surface area (Å²) in [6, 6.07) is 11.0. The van der Waals surface area contributed by atoms with E-state index < -0.39 is 5.97 Å². The summed E-state index contributed by atoms with van der Waals surface area (Å²) in [7, 11) is 1.32. The maximum atomic E-state index is 11.3. The minimum absolute atomic E-state index is 0.182. The van der Waals surface area contributed by atoms with Gasteiger partial charge in [-0.25, -0.2) is 9.78 Å². The number of nitrogens with zero attached hydrogens (tertiary/aromatic N) is 1. The lowest BCUT2D eigenvalue weighted by Crippen LogP contribution is -1.97. The first-order chi connectivity index (χ1) is 9.26. The van der Waals surface area contributed by atoms with Crippen molar-refractivity contribution >= 4 is 28.8 Å². The van der Waals surface area contributed by atoms with E-state index in [1.54, 1.807) is 12.1 Å². The molecule has 0 saturated heterocycles. The number of aromatic amines is 1. The number of esters is 1. The normalized spacial score (nSPS) is 10.8. The molecule has 0 spiro atoms. The van der Waals surface area contributed by atoms with Gasteiger partial charge in [-0.3, -0.25) is 0 Å². The minimum atomic E-state index is -0.489. The molecular formula is C13H10N2O3S. The van der Waals surface area contributed by atoms with Gasteiger partial charge in [0.2, 0.25) is 5.76 Å². The lowest BCUT2D eigenvalue weighted by Gasteiger charge is -1.93. The fourth-order valence-corrected chi connectivity index (χ4v) is 2.42. The third-order valence-electron chi connectivity index (χ3n) is 2.53. The first kappa shape index (κ1) is 11.9. The molecule has 0 aliphatic heterocycles. The molecule has 6 heteroatoms. The smallest absolute Gasteiger partial charge is 0.374 e. The molecule has 3 rings (SSSR count). The summed E-state index contributed by atoms with van der Waals surface area (Å²) in [6.07, 6.45) is 0. The molecule has 96 valence electrons. The summed E-state index contributed by atoms with van der Waals surface area (Å²) in [6.45, 7) is 0. The summed E-state index contributed by atoms with van der Waals surface area (Å²) < 4.78 is 9.95. The largest absolute Gasteiger partial charge is 0.463 e. The highest BCUT2D eigenvalue weighted by Gasteiger charge is 2.13. The first-order valence-electron chi connectivity index (χ1n) is 5.57. The number of fused-ring (bicyclic) bond motifs is 1. The van der Waals surface area contributed by atoms with Gasteiger partial charge in [-0.15, -0.1) is 0 Å². The molecule has 0 fully saturated rings. The summed E-state index contributed by atoms with van der Waals surface area (Å²) in [5, 5.41) is 1.30. The van der Waals surface area contributed by atoms with Gasteiger partial charge >= 0.3 is 5.97 Å². The van der Waals surface area contributed by atoms with Gasteiger partial charge in [-0.2, -0.15) is 0 Å². The number of imidazole rings is 1. The second-order valence-corrected chi connectivity index (χ2v) is 4.76. The van der Waals surface area contributed by atoms with Gasteiger partial charge in [0.1, 0.15) is 0 Å². The average Bonchev–Trinajstić information content (AvgIpc) is 3.04. The minimum Gasteiger partial charge on any atom is -0.463 e. The van der Waals surface area contributed by atoms with E-state index in [4.69, 9.17) is 4.42 Å². The summed E-state index contributed by atoms with van der Waals surface area (Å²) in [5.41, 5.74) is 1.86. The summed E-state index contributed by atoms with van der Waals surface area (Å²) in [5.74, 6) is -0.308. The van der Waals surface area contributed by atoms with Crippen LogP contribution in [-0.4, -0.2) is 23.0 Å². The number of methoxy groups -OCH3 is 1. The molecule has 0 aliphatic rings. The van der Waals surface area contributed by atoms with E-state index in [9.17, 15) is 4.79 Å². The molecule has 3 aromatic rings. The number of carbonyl (C=O) groups excluding carboxylic acids is 1. The van der Waals surface area contributed by atoms with Crippen LogP contribution in [0.2, 0.25) is 0 Å². The van der Waals surface area contributed by atoms with Crippen LogP contribution in [0.4, 0.5) is 0 Å². The topological polar surface area (TPSA) is 68.1 Å². The zero-order chi connectivity index (χ0) is 13.2. The Bertz CT molecular complexity index is 699. The summed E-state index contributed by atoms with van der Waals surface area (Å²) in [4.78, 5) is 18.9. The number of hydrogen-bond acceptors (Lipinski definition) is 5. The Kier molecular flexibility index (Phi) is 3.00. The maximum absolute atomic E-state index is 11.3. The summed E-state index contributed by atoms with van der Waals surface area (Å²) >= 11 is 1.32. The predicted molar refractivity (Wildman–Crippen MR) is 70.3 cm³/mol. The molecular weight excluding hydrogens is 264 g/mol. The number of rotatable bonds is 3. The van der Waals surface area contributed by atoms with E-state index in [-0.39, 0.29) is 5.76 Å². The van der Waals surface area contributed by atoms with Crippen molar-refractivity contribution in [3.05, 3.63) is 42.2 Å². The third kappa shape index (κ3) is 2.34. The highest BCUT2D eigenvalue weighted by Crippen LogP contribution is 2.28. The number of ether oxygens (including phenoxy) is 1. The highest BCUT2D eigenvalue weighted by molar-refractivity contribution is 7.99. The Hall–Kier alpha value is -2.21. The number of para-hydroxylation sites is 2. The van der Waals surface area contributed by atoms with Crippen molar-refractivity contribution in [3.8, 4) is 0 Å². The van der Waals surface area contributed by atoms with Gasteiger partial charge in [-0.1, -0.05) is 12.1 Å². The van der Waals surface area contributed by atoms with E-state index in [0.717, 1.165) is 11.0 Å². The lowest BCUT2D eigenvalue weighted by molar-refractivity contribution is 0.0559. The Morgan fingerprint density at radius 1 is 1.32 bits per heavy atom. The fourth-order valence-electron chi connectivity index (χ4n) is 1.66. The van der Waals surface area contributed by atoms with Crippen molar-refractivity contribution in [2.75, 3.05) is 7.11 Å². The molecule has 5 nitrogen and oxygen atoms in total. The van der Waals surface area contributed by atoms with Crippen molar-refractivity contribution in [1.82, 2.24) is 9.97 Å². The van der Waals surface area contributed by atoms with Crippen LogP contribution in [0.3, 0.4) is 0 Å². The van der Waals surface area contributed by atoms with Gasteiger partial charge in [0.15, 0.2) is 10.2 Å². The number of furan rings is 1. The van der Waals surface area contributed by atoms with Crippen LogP contribution in [0.25, 0.3) is 11.0 Å². The van der Waals surface area contributed by atoms with Gasteiger partial charge < -0.3 is 14.1 Å². The molecule has 0 amide bonds. The van der Waals surface area contributed by atoms with Crippen LogP contribution >= 0.6 is 11.8 Å². The van der Waals surface area contributed by atoms with Crippen LogP contribution in [-0.2, 0) is 4.74 Å². The van der Waals surface area contributed by atoms with Crippen LogP contribution in [0.5, 0.6) is 0 Å². The van der Waals surface area contributed by atoms with Crippen molar-refractivity contribution in [2.24, 2.45) is 0 Å². The van der Waals surface area contributed by atoms with Gasteiger partial charge in [-0.05, 0) is 36.0 Å². The van der Waals surface area contributed by atoms with Gasteiger partial charge in [0, 0.05) is 0 Å². The standard InChI is InChI=1S/C13H10N2O3S/c1-17-12(16)10-6-7-11(18-10)19-13-14-8-4-2-3-5-9(8)15-13/h2-7H,1H3,(H,14,15). The number of hydrogen-bond donors (Lipinski definition) is 1. The molecule has 1 aromatic carbocycles. The SMILES string of the molecule is COC(=O)c1ccc(Sc2nc3ccccc3[nH]2)o1. The number of aromatic nitrogens is 2. The fraction of sp³-hybridized carbons (Fsp3) is 0.0769. The molecule has 2 heterocycles. The maximum Gasteiger partial charge on any atom is 0.374 e. The molecule has 0 radical (unpaired) electrons. The lowest BCUT2D eigenvalue weighted by atomic mass is 10.3. The van der Waals surface area contributed by atoms with E-state index in [2.05, 4.69) is 14.7 Å². The zero-order valence-corrected chi connectivity index (χ0v) is 10.9. The monoisotopic (exact) mass is 274 g/mol. The second-order valence-electron chi connectivity index (χ2n) is 3.77. The van der Waals surface area contributed by atoms with Crippen molar-refractivity contribution in [2.45, 2.75) is 10.2 Å². The molecule has 19 heavy (non-hydrogen) atoms. The first-order valence-corrected chi connectivity index (χ1v) is 6.38. The van der Waals surface area contributed by atoms with Crippen LogP contribution in [0.15, 0.2) is 51.1 Å². The van der Waals surface area contributed by atoms with Crippen molar-refractivity contribution in [1.29, 1.82) is 0 Å². The molecule has 0 saturated carbocycles. The highest BCUT2D eigenvalue weighted by atomic mass is 32.2. The Labute approximate surface area is 113 Å². The molecule has 0 bridgehead atoms. The quantitative estimate of drug-likeness (QED) is 0.743. The molecule has 1 N–H and O–H groups in total. The van der Waals surface area contributed by atoms with E-state index in [1.807, 2.05) is 24.3 Å². The second kappa shape index (κ2) is 4.81. The predicted octanol–water partition coefficient (Wildman–Crippen LogP) is 3.09. The van der Waals surface area contributed by atoms with Crippen LogP contribution < -0.4 is 0 Å². The van der Waals surface area contributed by atoms with Crippen molar-refractivity contribution in [3.63, 3.8) is 0 Å². The van der Waals surface area contributed by atoms with Crippen molar-refractivity contribution < 1.29 is 13.9 Å². The third-order valence-corrected chi connectivity index (χ3v) is 3.34. The van der Waals surface area contributed by atoms with E-state index in [0.29, 0.717) is 10.2 Å². The van der Waals surface area contributed by atoms with E-state index in [1.165, 1.54) is 18.9 Å². The number of H-pyrrole nitrogens is 1. The zero-order valence-electron chi connectivity index (χ0n) is 10.0. The molecule has 0 aliphatic carbocycles. The number of carbonyl (C=O) groups is 1. The Balaban J connectivity index is 1.84. The number of benzene rings is 1. The van der Waals surface area contributed by atoms with E-state index >= 15 is 0 Å².